The Kier molecular flexibility index (Phi) is 4.24. The van der Waals surface area contributed by atoms with Crippen molar-refractivity contribution >= 4 is 11.6 Å². The third kappa shape index (κ3) is 2.70. The lowest BCUT2D eigenvalue weighted by Crippen LogP contribution is -2.53. The maximum absolute atomic E-state index is 13.1. The Bertz CT molecular complexity index is 729. The van der Waals surface area contributed by atoms with Crippen LogP contribution < -0.4 is 0 Å². The number of ether oxygens (including phenoxy) is 2. The third-order valence-electron chi connectivity index (χ3n) is 5.36. The van der Waals surface area contributed by atoms with Crippen molar-refractivity contribution in [2.24, 2.45) is 5.92 Å². The lowest BCUT2D eigenvalue weighted by atomic mass is 9.93. The number of methoxy groups -OCH3 is 1. The highest BCUT2D eigenvalue weighted by Crippen LogP contribution is 2.34. The van der Waals surface area contributed by atoms with Gasteiger partial charge in [-0.2, -0.15) is 0 Å². The highest BCUT2D eigenvalue weighted by molar-refractivity contribution is 5.94. The van der Waals surface area contributed by atoms with E-state index in [-0.39, 0.29) is 18.1 Å². The number of morpholine rings is 1. The summed E-state index contributed by atoms with van der Waals surface area (Å²) in [6.45, 7) is 1.84. The first-order valence-corrected chi connectivity index (χ1v) is 8.62. The summed E-state index contributed by atoms with van der Waals surface area (Å²) in [6, 6.07) is 3.84. The Hall–Kier alpha value is -1.92. The molecule has 2 aliphatic rings. The minimum atomic E-state index is 0.0700. The molecule has 0 aromatic carbocycles. The predicted molar refractivity (Wildman–Crippen MR) is 89.0 cm³/mol. The van der Waals surface area contributed by atoms with Crippen LogP contribution in [0.4, 0.5) is 0 Å². The first kappa shape index (κ1) is 15.6. The molecule has 3 heterocycles. The molecule has 6 nitrogen and oxygen atoms in total. The fraction of sp³-hybridized carbons (Fsp3) is 0.556. The fourth-order valence-electron chi connectivity index (χ4n) is 4.13. The normalized spacial score (nSPS) is 27.7. The van der Waals surface area contributed by atoms with Crippen molar-refractivity contribution in [1.82, 2.24) is 14.3 Å². The second kappa shape index (κ2) is 6.53. The van der Waals surface area contributed by atoms with E-state index in [1.165, 1.54) is 0 Å². The Morgan fingerprint density at radius 1 is 1.38 bits per heavy atom. The molecule has 2 aromatic rings. The number of hydrogen-bond acceptors (Lipinski definition) is 4. The number of hydrogen-bond donors (Lipinski definition) is 0. The van der Waals surface area contributed by atoms with Gasteiger partial charge in [0.2, 0.25) is 0 Å². The number of nitrogens with zero attached hydrogens (tertiary/aromatic N) is 3. The van der Waals surface area contributed by atoms with Crippen molar-refractivity contribution in [2.45, 2.75) is 31.4 Å². The van der Waals surface area contributed by atoms with Crippen LogP contribution >= 0.6 is 0 Å². The Balaban J connectivity index is 1.60. The number of pyridine rings is 1. The van der Waals surface area contributed by atoms with E-state index in [1.807, 2.05) is 33.8 Å². The molecule has 1 aliphatic carbocycles. The molecule has 4 rings (SSSR count). The maximum Gasteiger partial charge on any atom is 0.255 e. The Morgan fingerprint density at radius 2 is 2.29 bits per heavy atom. The van der Waals surface area contributed by atoms with Crippen molar-refractivity contribution < 1.29 is 14.3 Å². The molecule has 3 atom stereocenters. The van der Waals surface area contributed by atoms with Gasteiger partial charge in [0.25, 0.3) is 5.91 Å². The molecule has 1 saturated carbocycles. The van der Waals surface area contributed by atoms with Crippen molar-refractivity contribution in [3.63, 3.8) is 0 Å². The highest BCUT2D eigenvalue weighted by atomic mass is 16.5. The van der Waals surface area contributed by atoms with Crippen LogP contribution in [0.15, 0.2) is 30.7 Å². The number of rotatable bonds is 3. The lowest BCUT2D eigenvalue weighted by molar-refractivity contribution is -0.0460. The Morgan fingerprint density at radius 3 is 3.17 bits per heavy atom. The van der Waals surface area contributed by atoms with Crippen molar-refractivity contribution in [2.75, 3.05) is 26.9 Å². The van der Waals surface area contributed by atoms with Crippen molar-refractivity contribution in [1.29, 1.82) is 0 Å². The topological polar surface area (TPSA) is 56.1 Å². The van der Waals surface area contributed by atoms with Gasteiger partial charge in [0.05, 0.1) is 30.9 Å². The zero-order valence-corrected chi connectivity index (χ0v) is 13.9. The van der Waals surface area contributed by atoms with E-state index in [0.717, 1.165) is 24.9 Å². The molecule has 2 fully saturated rings. The van der Waals surface area contributed by atoms with Crippen LogP contribution in [0.1, 0.15) is 29.6 Å². The van der Waals surface area contributed by atoms with E-state index in [2.05, 4.69) is 4.98 Å². The number of carbonyl (C=O) groups is 1. The average Bonchev–Trinajstić information content (AvgIpc) is 3.29. The molecular formula is C18H23N3O3. The van der Waals surface area contributed by atoms with Gasteiger partial charge >= 0.3 is 0 Å². The van der Waals surface area contributed by atoms with Gasteiger partial charge in [-0.15, -0.1) is 0 Å². The zero-order chi connectivity index (χ0) is 16.5. The molecule has 0 unspecified atom stereocenters. The first-order valence-electron chi connectivity index (χ1n) is 8.62. The third-order valence-corrected chi connectivity index (χ3v) is 5.36. The minimum Gasteiger partial charge on any atom is -0.381 e. The van der Waals surface area contributed by atoms with Gasteiger partial charge < -0.3 is 18.8 Å². The number of aromatic nitrogens is 2. The van der Waals surface area contributed by atoms with E-state index < -0.39 is 0 Å². The molecule has 128 valence electrons. The van der Waals surface area contributed by atoms with Crippen LogP contribution in [0, 0.1) is 5.92 Å². The number of imidazole rings is 1. The van der Waals surface area contributed by atoms with Crippen LogP contribution in [0.2, 0.25) is 0 Å². The quantitative estimate of drug-likeness (QED) is 0.864. The fourth-order valence-corrected chi connectivity index (χ4v) is 4.13. The van der Waals surface area contributed by atoms with Crippen LogP contribution in [0.25, 0.3) is 5.65 Å². The van der Waals surface area contributed by atoms with Crippen LogP contribution in [-0.2, 0) is 9.47 Å². The summed E-state index contributed by atoms with van der Waals surface area (Å²) in [7, 11) is 1.77. The molecule has 1 saturated heterocycles. The van der Waals surface area contributed by atoms with Gasteiger partial charge in [0.1, 0.15) is 5.65 Å². The summed E-state index contributed by atoms with van der Waals surface area (Å²) < 4.78 is 13.2. The molecule has 0 radical (unpaired) electrons. The summed E-state index contributed by atoms with van der Waals surface area (Å²) >= 11 is 0. The molecule has 1 amide bonds. The largest absolute Gasteiger partial charge is 0.381 e. The summed E-state index contributed by atoms with van der Waals surface area (Å²) in [5.41, 5.74) is 1.54. The maximum atomic E-state index is 13.1. The van der Waals surface area contributed by atoms with Gasteiger partial charge in [-0.3, -0.25) is 4.79 Å². The zero-order valence-electron chi connectivity index (χ0n) is 13.9. The molecule has 1 aliphatic heterocycles. The van der Waals surface area contributed by atoms with Crippen LogP contribution in [0.5, 0.6) is 0 Å². The van der Waals surface area contributed by atoms with Crippen LogP contribution in [0.3, 0.4) is 0 Å². The molecular weight excluding hydrogens is 306 g/mol. The smallest absolute Gasteiger partial charge is 0.255 e. The lowest BCUT2D eigenvalue weighted by Gasteiger charge is -2.40. The second-order valence-electron chi connectivity index (χ2n) is 6.62. The van der Waals surface area contributed by atoms with Gasteiger partial charge in [-0.25, -0.2) is 4.98 Å². The van der Waals surface area contributed by atoms with Crippen LogP contribution in [-0.4, -0.2) is 59.2 Å². The van der Waals surface area contributed by atoms with E-state index in [1.54, 1.807) is 13.3 Å². The summed E-state index contributed by atoms with van der Waals surface area (Å²) in [5, 5.41) is 0. The van der Waals surface area contributed by atoms with E-state index in [4.69, 9.17) is 9.47 Å². The van der Waals surface area contributed by atoms with E-state index in [0.29, 0.717) is 31.2 Å². The van der Waals surface area contributed by atoms with E-state index >= 15 is 0 Å². The average molecular weight is 329 g/mol. The van der Waals surface area contributed by atoms with Gasteiger partial charge in [0, 0.05) is 38.2 Å². The standard InChI is InChI=1S/C18H23N3O3/c1-23-16-4-2-3-14(16)15-12-24-10-9-21(15)18(22)13-5-6-17-19-7-8-20(17)11-13/h5-8,11,14-16H,2-4,9-10,12H2,1H3/t14-,15-,16+/m0/s1. The molecule has 0 spiro atoms. The first-order chi connectivity index (χ1) is 11.8. The molecule has 0 bridgehead atoms. The minimum absolute atomic E-state index is 0.0700. The molecule has 6 heteroatoms. The predicted octanol–water partition coefficient (Wildman–Crippen LogP) is 1.99. The summed E-state index contributed by atoms with van der Waals surface area (Å²) in [4.78, 5) is 19.3. The van der Waals surface area contributed by atoms with Gasteiger partial charge in [-0.1, -0.05) is 6.42 Å². The summed E-state index contributed by atoms with van der Waals surface area (Å²) in [6.07, 6.45) is 9.01. The number of carbonyl (C=O) groups excluding carboxylic acids is 1. The van der Waals surface area contributed by atoms with Crippen molar-refractivity contribution in [3.05, 3.63) is 36.3 Å². The molecule has 24 heavy (non-hydrogen) atoms. The highest BCUT2D eigenvalue weighted by Gasteiger charge is 2.40. The van der Waals surface area contributed by atoms with Crippen molar-refractivity contribution in [3.8, 4) is 0 Å². The second-order valence-corrected chi connectivity index (χ2v) is 6.62. The number of amides is 1. The molecule has 2 aromatic heterocycles. The van der Waals surface area contributed by atoms with E-state index in [9.17, 15) is 4.79 Å². The Labute approximate surface area is 141 Å². The monoisotopic (exact) mass is 329 g/mol. The SMILES string of the molecule is CO[C@@H]1CCC[C@H]1[C@@H]1COCCN1C(=O)c1ccc2nccn2c1. The van der Waals surface area contributed by atoms with Gasteiger partial charge in [0.15, 0.2) is 0 Å². The van der Waals surface area contributed by atoms with Gasteiger partial charge in [-0.05, 0) is 25.0 Å². The molecule has 0 N–H and O–H groups in total. The summed E-state index contributed by atoms with van der Waals surface area (Å²) in [5.74, 6) is 0.428. The number of fused-ring (bicyclic) bond motifs is 1.